The molecule has 3 aromatic rings. The van der Waals surface area contributed by atoms with E-state index < -0.39 is 0 Å². The summed E-state index contributed by atoms with van der Waals surface area (Å²) in [5, 5.41) is 1.69. The summed E-state index contributed by atoms with van der Waals surface area (Å²) >= 11 is 0. The first-order chi connectivity index (χ1) is 11.8. The van der Waals surface area contributed by atoms with Gasteiger partial charge in [0.15, 0.2) is 23.0 Å². The zero-order chi connectivity index (χ0) is 15.8. The molecular formula is C18H9NO5. The topological polar surface area (TPSA) is 66.9 Å². The number of fused-ring (bicyclic) bond motifs is 5. The second kappa shape index (κ2) is 3.97. The van der Waals surface area contributed by atoms with Crippen molar-refractivity contribution >= 4 is 16.6 Å². The maximum atomic E-state index is 13.0. The molecule has 0 bridgehead atoms. The predicted molar refractivity (Wildman–Crippen MR) is 82.9 cm³/mol. The Balaban J connectivity index is 1.83. The standard InChI is InChI=1S/C18H9NO5/c20-17-10-5-12-11(21-6-22-12)4-9(10)15-14-8(1-2-19-16(14)17)3-13-18(15)24-7-23-13/h1-5H,6-7H2. The molecule has 0 spiro atoms. The molecule has 6 heteroatoms. The molecule has 0 saturated heterocycles. The smallest absolute Gasteiger partial charge is 0.231 e. The first-order valence-electron chi connectivity index (χ1n) is 7.51. The second-order valence-corrected chi connectivity index (χ2v) is 5.82. The summed E-state index contributed by atoms with van der Waals surface area (Å²) in [7, 11) is 0. The number of pyridine rings is 1. The summed E-state index contributed by atoms with van der Waals surface area (Å²) in [5.41, 5.74) is 2.55. The van der Waals surface area contributed by atoms with E-state index in [2.05, 4.69) is 4.98 Å². The van der Waals surface area contributed by atoms with Gasteiger partial charge in [-0.2, -0.15) is 0 Å². The number of aromatic nitrogens is 1. The molecule has 6 nitrogen and oxygen atoms in total. The molecule has 0 amide bonds. The molecule has 1 aromatic heterocycles. The molecule has 0 unspecified atom stereocenters. The van der Waals surface area contributed by atoms with Crippen LogP contribution < -0.4 is 18.9 Å². The Kier molecular flexibility index (Phi) is 2.02. The highest BCUT2D eigenvalue weighted by Gasteiger charge is 2.34. The number of ether oxygens (including phenoxy) is 4. The minimum atomic E-state index is -0.125. The van der Waals surface area contributed by atoms with Gasteiger partial charge in [-0.05, 0) is 29.7 Å². The lowest BCUT2D eigenvalue weighted by atomic mass is 9.84. The van der Waals surface area contributed by atoms with Gasteiger partial charge in [0.25, 0.3) is 0 Å². The van der Waals surface area contributed by atoms with Gasteiger partial charge in [-0.3, -0.25) is 9.78 Å². The first kappa shape index (κ1) is 12.2. The number of nitrogens with zero attached hydrogens (tertiary/aromatic N) is 1. The number of carbonyl (C=O) groups excluding carboxylic acids is 1. The van der Waals surface area contributed by atoms with E-state index in [1.165, 1.54) is 0 Å². The van der Waals surface area contributed by atoms with Crippen molar-refractivity contribution in [1.82, 2.24) is 4.98 Å². The average Bonchev–Trinajstić information content (AvgIpc) is 3.25. The minimum Gasteiger partial charge on any atom is -0.454 e. The Morgan fingerprint density at radius 3 is 2.50 bits per heavy atom. The van der Waals surface area contributed by atoms with Gasteiger partial charge in [-0.25, -0.2) is 0 Å². The van der Waals surface area contributed by atoms with Gasteiger partial charge in [0.2, 0.25) is 19.4 Å². The number of carbonyl (C=O) groups is 1. The molecule has 0 atom stereocenters. The number of hydrogen-bond acceptors (Lipinski definition) is 6. The zero-order valence-corrected chi connectivity index (χ0v) is 12.3. The number of hydrogen-bond donors (Lipinski definition) is 0. The van der Waals surface area contributed by atoms with Crippen molar-refractivity contribution in [2.45, 2.75) is 0 Å². The first-order valence-corrected chi connectivity index (χ1v) is 7.51. The van der Waals surface area contributed by atoms with Crippen LogP contribution in [0, 0.1) is 0 Å². The van der Waals surface area contributed by atoms with Crippen molar-refractivity contribution in [1.29, 1.82) is 0 Å². The predicted octanol–water partition coefficient (Wildman–Crippen LogP) is 2.90. The van der Waals surface area contributed by atoms with Gasteiger partial charge in [0.05, 0.1) is 0 Å². The highest BCUT2D eigenvalue weighted by molar-refractivity contribution is 6.26. The molecule has 0 radical (unpaired) electrons. The lowest BCUT2D eigenvalue weighted by Gasteiger charge is -2.20. The van der Waals surface area contributed by atoms with Crippen molar-refractivity contribution in [3.63, 3.8) is 0 Å². The van der Waals surface area contributed by atoms with Crippen LogP contribution in [0.5, 0.6) is 23.0 Å². The Morgan fingerprint density at radius 1 is 0.875 bits per heavy atom. The SMILES string of the molecule is O=C1c2cc3c(cc2-c2c4c(cc5ccnc1c25)OCO4)OCO3. The van der Waals surface area contributed by atoms with Crippen LogP contribution in [-0.4, -0.2) is 24.4 Å². The van der Waals surface area contributed by atoms with Gasteiger partial charge >= 0.3 is 0 Å². The number of ketones is 1. The van der Waals surface area contributed by atoms with Crippen LogP contribution in [0.1, 0.15) is 16.1 Å². The van der Waals surface area contributed by atoms with Gasteiger partial charge in [0.1, 0.15) is 5.69 Å². The van der Waals surface area contributed by atoms with Crippen molar-refractivity contribution in [3.05, 3.63) is 41.7 Å². The fourth-order valence-corrected chi connectivity index (χ4v) is 3.60. The van der Waals surface area contributed by atoms with Gasteiger partial charge < -0.3 is 18.9 Å². The van der Waals surface area contributed by atoms with E-state index in [0.717, 1.165) is 21.9 Å². The van der Waals surface area contributed by atoms with E-state index in [-0.39, 0.29) is 19.4 Å². The van der Waals surface area contributed by atoms with E-state index in [1.807, 2.05) is 18.2 Å². The Labute approximate surface area is 135 Å². The summed E-state index contributed by atoms with van der Waals surface area (Å²) < 4.78 is 22.2. The summed E-state index contributed by atoms with van der Waals surface area (Å²) in [6.07, 6.45) is 1.64. The highest BCUT2D eigenvalue weighted by Crippen LogP contribution is 2.52. The van der Waals surface area contributed by atoms with E-state index in [9.17, 15) is 4.79 Å². The van der Waals surface area contributed by atoms with Crippen molar-refractivity contribution in [2.75, 3.05) is 13.6 Å². The van der Waals surface area contributed by atoms with Crippen molar-refractivity contribution in [3.8, 4) is 34.1 Å². The van der Waals surface area contributed by atoms with Crippen LogP contribution in [-0.2, 0) is 0 Å². The third-order valence-electron chi connectivity index (χ3n) is 4.63. The number of benzene rings is 2. The molecule has 0 saturated carbocycles. The Bertz CT molecular complexity index is 1090. The fraction of sp³-hybridized carbons (Fsp3) is 0.111. The van der Waals surface area contributed by atoms with Gasteiger partial charge in [-0.1, -0.05) is 0 Å². The van der Waals surface area contributed by atoms with Crippen LogP contribution in [0.15, 0.2) is 30.5 Å². The maximum absolute atomic E-state index is 13.0. The third kappa shape index (κ3) is 1.32. The van der Waals surface area contributed by atoms with Crippen LogP contribution in [0.3, 0.4) is 0 Å². The van der Waals surface area contributed by atoms with Gasteiger partial charge in [-0.15, -0.1) is 0 Å². The van der Waals surface area contributed by atoms with Crippen LogP contribution in [0.25, 0.3) is 21.9 Å². The summed E-state index contributed by atoms with van der Waals surface area (Å²) in [4.78, 5) is 17.3. The monoisotopic (exact) mass is 319 g/mol. The highest BCUT2D eigenvalue weighted by atomic mass is 16.7. The molecule has 0 N–H and O–H groups in total. The maximum Gasteiger partial charge on any atom is 0.231 e. The normalized spacial score (nSPS) is 15.8. The second-order valence-electron chi connectivity index (χ2n) is 5.82. The quantitative estimate of drug-likeness (QED) is 0.496. The average molecular weight is 319 g/mol. The van der Waals surface area contributed by atoms with Crippen LogP contribution >= 0.6 is 0 Å². The lowest BCUT2D eigenvalue weighted by molar-refractivity contribution is 0.103. The summed E-state index contributed by atoms with van der Waals surface area (Å²) in [6, 6.07) is 7.31. The fourth-order valence-electron chi connectivity index (χ4n) is 3.60. The third-order valence-corrected chi connectivity index (χ3v) is 4.63. The molecule has 1 aliphatic carbocycles. The summed E-state index contributed by atoms with van der Waals surface area (Å²) in [6.45, 7) is 0.314. The van der Waals surface area contributed by atoms with E-state index in [4.69, 9.17) is 18.9 Å². The van der Waals surface area contributed by atoms with E-state index in [0.29, 0.717) is 34.3 Å². The largest absolute Gasteiger partial charge is 0.454 e. The molecule has 6 rings (SSSR count). The molecular weight excluding hydrogens is 310 g/mol. The van der Waals surface area contributed by atoms with Crippen LogP contribution in [0.2, 0.25) is 0 Å². The molecule has 3 aliphatic rings. The van der Waals surface area contributed by atoms with Gasteiger partial charge in [0, 0.05) is 28.3 Å². The zero-order valence-electron chi connectivity index (χ0n) is 12.3. The van der Waals surface area contributed by atoms with Crippen LogP contribution in [0.4, 0.5) is 0 Å². The molecule has 2 aromatic carbocycles. The molecule has 2 aliphatic heterocycles. The van der Waals surface area contributed by atoms with Crippen molar-refractivity contribution in [2.24, 2.45) is 0 Å². The molecule has 116 valence electrons. The lowest BCUT2D eigenvalue weighted by Crippen LogP contribution is -2.12. The Hall–Kier alpha value is -3.28. The minimum absolute atomic E-state index is 0.125. The molecule has 24 heavy (non-hydrogen) atoms. The van der Waals surface area contributed by atoms with E-state index in [1.54, 1.807) is 12.3 Å². The summed E-state index contributed by atoms with van der Waals surface area (Å²) in [5.74, 6) is 2.39. The molecule has 3 heterocycles. The number of rotatable bonds is 0. The Morgan fingerprint density at radius 2 is 1.62 bits per heavy atom. The molecule has 0 fully saturated rings. The van der Waals surface area contributed by atoms with Crippen molar-refractivity contribution < 1.29 is 23.7 Å². The van der Waals surface area contributed by atoms with E-state index >= 15 is 0 Å².